The minimum atomic E-state index is 0.199. The van der Waals surface area contributed by atoms with Gasteiger partial charge in [-0.15, -0.1) is 0 Å². The summed E-state index contributed by atoms with van der Waals surface area (Å²) in [5.41, 5.74) is 2.23. The van der Waals surface area contributed by atoms with Crippen molar-refractivity contribution in [2.75, 3.05) is 5.75 Å². The number of hydrogen-bond acceptors (Lipinski definition) is 2. The summed E-state index contributed by atoms with van der Waals surface area (Å²) in [4.78, 5) is 11.1. The Morgan fingerprint density at radius 3 is 2.80 bits per heavy atom. The summed E-state index contributed by atoms with van der Waals surface area (Å²) in [6.07, 6.45) is 5.62. The van der Waals surface area contributed by atoms with Crippen molar-refractivity contribution >= 4 is 24.5 Å². The van der Waals surface area contributed by atoms with E-state index < -0.39 is 0 Å². The SMILES string of the molecule is CC(=O)Cc1ccccc1C=CCCS. The number of benzene rings is 1. The van der Waals surface area contributed by atoms with Gasteiger partial charge in [0, 0.05) is 6.42 Å². The number of carbonyl (C=O) groups is 1. The molecule has 0 saturated heterocycles. The average molecular weight is 220 g/mol. The van der Waals surface area contributed by atoms with E-state index >= 15 is 0 Å². The van der Waals surface area contributed by atoms with Crippen molar-refractivity contribution in [3.8, 4) is 0 Å². The minimum Gasteiger partial charge on any atom is -0.300 e. The van der Waals surface area contributed by atoms with Crippen LogP contribution in [-0.4, -0.2) is 11.5 Å². The van der Waals surface area contributed by atoms with Crippen LogP contribution in [0, 0.1) is 0 Å². The molecule has 1 aromatic rings. The first-order valence-electron chi connectivity index (χ1n) is 5.09. The van der Waals surface area contributed by atoms with Crippen LogP contribution in [0.5, 0.6) is 0 Å². The maximum atomic E-state index is 11.1. The summed E-state index contributed by atoms with van der Waals surface area (Å²) in [5.74, 6) is 1.05. The van der Waals surface area contributed by atoms with Crippen molar-refractivity contribution in [3.05, 3.63) is 41.5 Å². The Morgan fingerprint density at radius 2 is 2.13 bits per heavy atom. The third kappa shape index (κ3) is 4.34. The summed E-state index contributed by atoms with van der Waals surface area (Å²) in [6, 6.07) is 7.99. The summed E-state index contributed by atoms with van der Waals surface area (Å²) in [7, 11) is 0. The molecule has 1 rings (SSSR count). The van der Waals surface area contributed by atoms with Crippen LogP contribution in [0.15, 0.2) is 30.3 Å². The molecule has 0 N–H and O–H groups in total. The van der Waals surface area contributed by atoms with Crippen LogP contribution in [0.4, 0.5) is 0 Å². The molecule has 1 nitrogen and oxygen atoms in total. The Bertz CT molecular complexity index is 355. The molecule has 2 heteroatoms. The average Bonchev–Trinajstić information content (AvgIpc) is 2.20. The predicted molar refractivity (Wildman–Crippen MR) is 68.3 cm³/mol. The minimum absolute atomic E-state index is 0.199. The van der Waals surface area contributed by atoms with Gasteiger partial charge in [0.25, 0.3) is 0 Å². The zero-order valence-electron chi connectivity index (χ0n) is 8.94. The number of hydrogen-bond donors (Lipinski definition) is 1. The molecule has 0 aromatic heterocycles. The first-order chi connectivity index (χ1) is 7.24. The third-order valence-electron chi connectivity index (χ3n) is 2.09. The van der Waals surface area contributed by atoms with Gasteiger partial charge in [0.15, 0.2) is 0 Å². The van der Waals surface area contributed by atoms with Crippen molar-refractivity contribution in [1.29, 1.82) is 0 Å². The van der Waals surface area contributed by atoms with E-state index in [1.807, 2.05) is 24.3 Å². The van der Waals surface area contributed by atoms with E-state index in [-0.39, 0.29) is 5.78 Å². The van der Waals surface area contributed by atoms with Gasteiger partial charge in [0.1, 0.15) is 5.78 Å². The van der Waals surface area contributed by atoms with Gasteiger partial charge in [-0.3, -0.25) is 4.79 Å². The van der Waals surface area contributed by atoms with Crippen LogP contribution in [0.1, 0.15) is 24.5 Å². The van der Waals surface area contributed by atoms with Crippen LogP contribution < -0.4 is 0 Å². The van der Waals surface area contributed by atoms with E-state index in [1.54, 1.807) is 6.92 Å². The van der Waals surface area contributed by atoms with Gasteiger partial charge in [-0.05, 0) is 30.2 Å². The monoisotopic (exact) mass is 220 g/mol. The Balaban J connectivity index is 2.81. The maximum absolute atomic E-state index is 11.1. The van der Waals surface area contributed by atoms with Crippen LogP contribution in [0.25, 0.3) is 6.08 Å². The lowest BCUT2D eigenvalue weighted by atomic mass is 10.0. The molecule has 0 atom stereocenters. The Labute approximate surface area is 96.6 Å². The number of rotatable bonds is 5. The number of Topliss-reactive ketones (excluding diaryl/α,β-unsaturated/α-hetero) is 1. The number of carbonyl (C=O) groups excluding carboxylic acids is 1. The third-order valence-corrected chi connectivity index (χ3v) is 2.35. The first kappa shape index (κ1) is 12.1. The first-order valence-corrected chi connectivity index (χ1v) is 5.72. The van der Waals surface area contributed by atoms with E-state index in [4.69, 9.17) is 0 Å². The van der Waals surface area contributed by atoms with Gasteiger partial charge in [-0.25, -0.2) is 0 Å². The second-order valence-electron chi connectivity index (χ2n) is 3.49. The second kappa shape index (κ2) is 6.46. The molecule has 0 radical (unpaired) electrons. The lowest BCUT2D eigenvalue weighted by molar-refractivity contribution is -0.116. The highest BCUT2D eigenvalue weighted by Gasteiger charge is 2.00. The van der Waals surface area contributed by atoms with Gasteiger partial charge >= 0.3 is 0 Å². The topological polar surface area (TPSA) is 17.1 Å². The molecule has 0 aliphatic heterocycles. The fourth-order valence-electron chi connectivity index (χ4n) is 1.41. The van der Waals surface area contributed by atoms with Gasteiger partial charge < -0.3 is 0 Å². The van der Waals surface area contributed by atoms with Crippen molar-refractivity contribution in [1.82, 2.24) is 0 Å². The highest BCUT2D eigenvalue weighted by molar-refractivity contribution is 7.80. The largest absolute Gasteiger partial charge is 0.300 e. The Hall–Kier alpha value is -1.02. The molecule has 0 spiro atoms. The zero-order chi connectivity index (χ0) is 11.1. The summed E-state index contributed by atoms with van der Waals surface area (Å²) in [5, 5.41) is 0. The molecule has 0 heterocycles. The van der Waals surface area contributed by atoms with Crippen LogP contribution >= 0.6 is 12.6 Å². The molecule has 0 fully saturated rings. The number of allylic oxidation sites excluding steroid dienone is 1. The van der Waals surface area contributed by atoms with Crippen molar-refractivity contribution in [2.24, 2.45) is 0 Å². The van der Waals surface area contributed by atoms with Crippen LogP contribution in [-0.2, 0) is 11.2 Å². The lowest BCUT2D eigenvalue weighted by Gasteiger charge is -2.02. The predicted octanol–water partition coefficient (Wildman–Crippen LogP) is 3.15. The fraction of sp³-hybridized carbons (Fsp3) is 0.308. The molecule has 15 heavy (non-hydrogen) atoms. The van der Waals surface area contributed by atoms with Crippen LogP contribution in [0.3, 0.4) is 0 Å². The number of thiol groups is 1. The standard InChI is InChI=1S/C13H16OS/c1-11(14)10-13-8-3-2-6-12(13)7-4-5-9-15/h2-4,6-8,15H,5,9-10H2,1H3. The van der Waals surface area contributed by atoms with Crippen molar-refractivity contribution in [3.63, 3.8) is 0 Å². The van der Waals surface area contributed by atoms with Crippen molar-refractivity contribution in [2.45, 2.75) is 19.8 Å². The van der Waals surface area contributed by atoms with Gasteiger partial charge in [-0.2, -0.15) is 12.6 Å². The highest BCUT2D eigenvalue weighted by atomic mass is 32.1. The zero-order valence-corrected chi connectivity index (χ0v) is 9.84. The van der Waals surface area contributed by atoms with E-state index in [1.165, 1.54) is 0 Å². The molecule has 0 saturated carbocycles. The van der Waals surface area contributed by atoms with E-state index in [2.05, 4.69) is 24.8 Å². The normalized spacial score (nSPS) is 10.8. The maximum Gasteiger partial charge on any atom is 0.134 e. The van der Waals surface area contributed by atoms with E-state index in [0.29, 0.717) is 6.42 Å². The number of ketones is 1. The lowest BCUT2D eigenvalue weighted by Crippen LogP contribution is -1.98. The van der Waals surface area contributed by atoms with Crippen molar-refractivity contribution < 1.29 is 4.79 Å². The molecular weight excluding hydrogens is 204 g/mol. The second-order valence-corrected chi connectivity index (χ2v) is 3.94. The van der Waals surface area contributed by atoms with Crippen LogP contribution in [0.2, 0.25) is 0 Å². The molecule has 80 valence electrons. The van der Waals surface area contributed by atoms with E-state index in [9.17, 15) is 4.79 Å². The Kier molecular flexibility index (Phi) is 5.19. The summed E-state index contributed by atoms with van der Waals surface area (Å²) < 4.78 is 0. The van der Waals surface area contributed by atoms with Gasteiger partial charge in [0.2, 0.25) is 0 Å². The smallest absolute Gasteiger partial charge is 0.134 e. The molecule has 1 aromatic carbocycles. The molecule has 0 aliphatic rings. The molecule has 0 aliphatic carbocycles. The van der Waals surface area contributed by atoms with Gasteiger partial charge in [0.05, 0.1) is 0 Å². The molecule has 0 bridgehead atoms. The van der Waals surface area contributed by atoms with E-state index in [0.717, 1.165) is 23.3 Å². The fourth-order valence-corrected chi connectivity index (χ4v) is 1.56. The summed E-state index contributed by atoms with van der Waals surface area (Å²) >= 11 is 4.14. The molecule has 0 amide bonds. The summed E-state index contributed by atoms with van der Waals surface area (Å²) in [6.45, 7) is 1.62. The molecule has 0 unspecified atom stereocenters. The highest BCUT2D eigenvalue weighted by Crippen LogP contribution is 2.12. The quantitative estimate of drug-likeness (QED) is 0.754. The molecular formula is C13H16OS. The Morgan fingerprint density at radius 1 is 1.40 bits per heavy atom. The van der Waals surface area contributed by atoms with Gasteiger partial charge in [-0.1, -0.05) is 36.4 Å².